The first-order valence-corrected chi connectivity index (χ1v) is 12.3. The number of alkyl carbamates (subject to hydrolysis) is 1. The first kappa shape index (κ1) is 24.8. The van der Waals surface area contributed by atoms with Crippen LogP contribution in [0.1, 0.15) is 56.6 Å². The van der Waals surface area contributed by atoms with E-state index in [1.54, 1.807) is 7.05 Å². The molecule has 0 bridgehead atoms. The maximum Gasteiger partial charge on any atom is 0.407 e. The SMILES string of the molecule is CN(C(=O)C1CCC(CNC(=O)OCC2c3ccccc3-c3ccccc32)CC1)C(C)(C)C(=O)O. The van der Waals surface area contributed by atoms with Gasteiger partial charge in [0.05, 0.1) is 0 Å². The largest absolute Gasteiger partial charge is 0.480 e. The fourth-order valence-corrected chi connectivity index (χ4v) is 5.18. The second-order valence-corrected chi connectivity index (χ2v) is 10.2. The lowest BCUT2D eigenvalue weighted by atomic mass is 9.81. The van der Waals surface area contributed by atoms with Crippen LogP contribution in [0.5, 0.6) is 0 Å². The number of hydrogen-bond acceptors (Lipinski definition) is 4. The van der Waals surface area contributed by atoms with Gasteiger partial charge < -0.3 is 20.1 Å². The van der Waals surface area contributed by atoms with Gasteiger partial charge >= 0.3 is 12.1 Å². The van der Waals surface area contributed by atoms with E-state index in [-0.39, 0.29) is 30.3 Å². The minimum atomic E-state index is -1.24. The number of carbonyl (C=O) groups is 3. The molecule has 7 heteroatoms. The number of hydrogen-bond donors (Lipinski definition) is 2. The highest BCUT2D eigenvalue weighted by Crippen LogP contribution is 2.44. The summed E-state index contributed by atoms with van der Waals surface area (Å²) >= 11 is 0. The first-order chi connectivity index (χ1) is 16.7. The van der Waals surface area contributed by atoms with E-state index in [4.69, 9.17) is 4.74 Å². The van der Waals surface area contributed by atoms with Crippen LogP contribution in [-0.4, -0.2) is 53.7 Å². The van der Waals surface area contributed by atoms with Crippen molar-refractivity contribution in [2.75, 3.05) is 20.2 Å². The molecule has 0 saturated heterocycles. The van der Waals surface area contributed by atoms with E-state index in [9.17, 15) is 19.5 Å². The average molecular weight is 479 g/mol. The molecule has 0 spiro atoms. The summed E-state index contributed by atoms with van der Waals surface area (Å²) in [4.78, 5) is 38.0. The van der Waals surface area contributed by atoms with Crippen LogP contribution >= 0.6 is 0 Å². The molecule has 0 atom stereocenters. The Morgan fingerprint density at radius 2 is 1.51 bits per heavy atom. The molecule has 1 fully saturated rings. The molecule has 7 nitrogen and oxygen atoms in total. The van der Waals surface area contributed by atoms with Gasteiger partial charge in [0.2, 0.25) is 5.91 Å². The number of carboxylic acid groups (broad SMARTS) is 1. The molecule has 2 aromatic rings. The van der Waals surface area contributed by atoms with E-state index in [0.29, 0.717) is 19.4 Å². The van der Waals surface area contributed by atoms with Crippen molar-refractivity contribution in [2.24, 2.45) is 11.8 Å². The van der Waals surface area contributed by atoms with Gasteiger partial charge in [-0.05, 0) is 67.7 Å². The zero-order valence-corrected chi connectivity index (χ0v) is 20.6. The predicted molar refractivity (Wildman–Crippen MR) is 133 cm³/mol. The van der Waals surface area contributed by atoms with Crippen LogP contribution in [0, 0.1) is 11.8 Å². The number of carboxylic acids is 1. The Kier molecular flexibility index (Phi) is 7.15. The molecule has 186 valence electrons. The second-order valence-electron chi connectivity index (χ2n) is 10.2. The van der Waals surface area contributed by atoms with Gasteiger partial charge in [0.15, 0.2) is 0 Å². The van der Waals surface area contributed by atoms with Crippen molar-refractivity contribution in [3.05, 3.63) is 59.7 Å². The van der Waals surface area contributed by atoms with Gasteiger partial charge in [-0.15, -0.1) is 0 Å². The summed E-state index contributed by atoms with van der Waals surface area (Å²) < 4.78 is 5.61. The fourth-order valence-electron chi connectivity index (χ4n) is 5.18. The van der Waals surface area contributed by atoms with E-state index >= 15 is 0 Å². The zero-order valence-electron chi connectivity index (χ0n) is 20.6. The summed E-state index contributed by atoms with van der Waals surface area (Å²) in [6, 6.07) is 16.5. The lowest BCUT2D eigenvalue weighted by molar-refractivity contribution is -0.157. The molecule has 0 radical (unpaired) electrons. The predicted octanol–water partition coefficient (Wildman–Crippen LogP) is 4.65. The highest BCUT2D eigenvalue weighted by molar-refractivity contribution is 5.87. The molecule has 2 aromatic carbocycles. The van der Waals surface area contributed by atoms with Crippen molar-refractivity contribution in [3.63, 3.8) is 0 Å². The Bertz CT molecular complexity index is 1060. The lowest BCUT2D eigenvalue weighted by Gasteiger charge is -2.36. The van der Waals surface area contributed by atoms with E-state index in [1.807, 2.05) is 24.3 Å². The minimum absolute atomic E-state index is 0.0293. The van der Waals surface area contributed by atoms with Crippen LogP contribution in [0.3, 0.4) is 0 Å². The fraction of sp³-hybridized carbons (Fsp3) is 0.464. The zero-order chi connectivity index (χ0) is 25.2. The van der Waals surface area contributed by atoms with Crippen LogP contribution in [0.25, 0.3) is 11.1 Å². The molecule has 0 heterocycles. The molecule has 2 amide bonds. The van der Waals surface area contributed by atoms with E-state index in [2.05, 4.69) is 29.6 Å². The summed E-state index contributed by atoms with van der Waals surface area (Å²) in [6.07, 6.45) is 2.57. The van der Waals surface area contributed by atoms with Crippen LogP contribution in [0.2, 0.25) is 0 Å². The third-order valence-electron chi connectivity index (χ3n) is 7.77. The summed E-state index contributed by atoms with van der Waals surface area (Å²) in [6.45, 7) is 3.87. The highest BCUT2D eigenvalue weighted by atomic mass is 16.5. The quantitative estimate of drug-likeness (QED) is 0.604. The monoisotopic (exact) mass is 478 g/mol. The Morgan fingerprint density at radius 1 is 0.971 bits per heavy atom. The maximum absolute atomic E-state index is 12.8. The number of rotatable bonds is 7. The van der Waals surface area contributed by atoms with Gasteiger partial charge in [-0.3, -0.25) is 4.79 Å². The smallest absolute Gasteiger partial charge is 0.407 e. The van der Waals surface area contributed by atoms with Crippen LogP contribution in [0.4, 0.5) is 4.79 Å². The Labute approximate surface area is 206 Å². The van der Waals surface area contributed by atoms with Crippen molar-refractivity contribution in [1.82, 2.24) is 10.2 Å². The normalized spacial score (nSPS) is 19.4. The third-order valence-corrected chi connectivity index (χ3v) is 7.77. The van der Waals surface area contributed by atoms with Crippen molar-refractivity contribution >= 4 is 18.0 Å². The molecular formula is C28H34N2O5. The Morgan fingerprint density at radius 3 is 2.06 bits per heavy atom. The average Bonchev–Trinajstić information content (AvgIpc) is 3.19. The van der Waals surface area contributed by atoms with Crippen LogP contribution in [-0.2, 0) is 14.3 Å². The number of amides is 2. The molecule has 0 aromatic heterocycles. The van der Waals surface area contributed by atoms with Crippen molar-refractivity contribution < 1.29 is 24.2 Å². The molecule has 35 heavy (non-hydrogen) atoms. The molecule has 0 unspecified atom stereocenters. The molecule has 2 N–H and O–H groups in total. The van der Waals surface area contributed by atoms with E-state index in [1.165, 1.54) is 41.0 Å². The highest BCUT2D eigenvalue weighted by Gasteiger charge is 2.39. The van der Waals surface area contributed by atoms with E-state index < -0.39 is 17.6 Å². The van der Waals surface area contributed by atoms with Crippen LogP contribution < -0.4 is 5.32 Å². The molecular weight excluding hydrogens is 444 g/mol. The van der Waals surface area contributed by atoms with Crippen molar-refractivity contribution in [1.29, 1.82) is 0 Å². The number of nitrogens with zero attached hydrogens (tertiary/aromatic N) is 1. The van der Waals surface area contributed by atoms with Gasteiger partial charge in [-0.2, -0.15) is 0 Å². The van der Waals surface area contributed by atoms with Gasteiger partial charge in [0.25, 0.3) is 0 Å². The van der Waals surface area contributed by atoms with Gasteiger partial charge in [0.1, 0.15) is 12.1 Å². The summed E-state index contributed by atoms with van der Waals surface area (Å²) in [5.74, 6) is -1.02. The number of aliphatic carboxylic acids is 1. The topological polar surface area (TPSA) is 95.9 Å². The molecule has 2 aliphatic carbocycles. The molecule has 0 aliphatic heterocycles. The third kappa shape index (κ3) is 5.04. The summed E-state index contributed by atoms with van der Waals surface area (Å²) in [5, 5.41) is 12.3. The van der Waals surface area contributed by atoms with Crippen LogP contribution in [0.15, 0.2) is 48.5 Å². The second kappa shape index (κ2) is 10.1. The number of likely N-dealkylation sites (N-methyl/N-ethyl adjacent to an activating group) is 1. The van der Waals surface area contributed by atoms with E-state index in [0.717, 1.165) is 12.8 Å². The number of fused-ring (bicyclic) bond motifs is 3. The Balaban J connectivity index is 1.24. The standard InChI is InChI=1S/C28H34N2O5/c1-28(2,26(32)33)30(3)25(31)19-14-12-18(13-15-19)16-29-27(34)35-17-24-22-10-6-4-8-20(22)21-9-5-7-11-23(21)24/h4-11,18-19,24H,12-17H2,1-3H3,(H,29,34)(H,32,33). The Hall–Kier alpha value is -3.35. The maximum atomic E-state index is 12.8. The first-order valence-electron chi connectivity index (χ1n) is 12.3. The molecule has 1 saturated carbocycles. The molecule has 2 aliphatic rings. The molecule has 4 rings (SSSR count). The summed E-state index contributed by atoms with van der Waals surface area (Å²) in [5.41, 5.74) is 3.52. The van der Waals surface area contributed by atoms with Gasteiger partial charge in [0, 0.05) is 25.4 Å². The minimum Gasteiger partial charge on any atom is -0.480 e. The lowest BCUT2D eigenvalue weighted by Crippen LogP contribution is -2.53. The number of carbonyl (C=O) groups excluding carboxylic acids is 2. The number of nitrogens with one attached hydrogen (secondary N) is 1. The van der Waals surface area contributed by atoms with Crippen molar-refractivity contribution in [3.8, 4) is 11.1 Å². The number of benzene rings is 2. The van der Waals surface area contributed by atoms with Gasteiger partial charge in [-0.1, -0.05) is 48.5 Å². The van der Waals surface area contributed by atoms with Gasteiger partial charge in [-0.25, -0.2) is 9.59 Å². The van der Waals surface area contributed by atoms with Crippen molar-refractivity contribution in [2.45, 2.75) is 51.0 Å². The number of ether oxygens (including phenoxy) is 1. The summed E-state index contributed by atoms with van der Waals surface area (Å²) in [7, 11) is 1.56.